The van der Waals surface area contributed by atoms with Crippen LogP contribution in [0.3, 0.4) is 0 Å². The van der Waals surface area contributed by atoms with Gasteiger partial charge in [0, 0.05) is 18.0 Å². The molecule has 1 fully saturated rings. The number of benzene rings is 1. The Morgan fingerprint density at radius 3 is 2.45 bits per heavy atom. The van der Waals surface area contributed by atoms with Crippen LogP contribution in [0.2, 0.25) is 0 Å². The topological polar surface area (TPSA) is 59.6 Å². The number of carbonyl (C=O) groups excluding carboxylic acids is 1. The predicted molar refractivity (Wildman–Crippen MR) is 79.1 cm³/mol. The van der Waals surface area contributed by atoms with Crippen LogP contribution in [-0.2, 0) is 9.47 Å². The van der Waals surface area contributed by atoms with Crippen molar-refractivity contribution < 1.29 is 14.3 Å². The molecule has 2 N–H and O–H groups in total. The molecule has 0 spiro atoms. The number of ether oxygens (including phenoxy) is 2. The molecule has 110 valence electrons. The molecule has 1 saturated heterocycles. The van der Waals surface area contributed by atoms with Gasteiger partial charge in [-0.15, -0.1) is 0 Å². The maximum Gasteiger partial charge on any atom is 0.412 e. The van der Waals surface area contributed by atoms with E-state index in [1.807, 2.05) is 45.0 Å². The van der Waals surface area contributed by atoms with Gasteiger partial charge in [-0.3, -0.25) is 5.32 Å². The molecule has 1 amide bonds. The Kier molecular flexibility index (Phi) is 4.49. The number of carbonyl (C=O) groups is 1. The molecule has 0 bridgehead atoms. The SMILES string of the molecule is CC(C)(C)OC(=O)Nc1ccc(NC2CCOC2)cc1. The van der Waals surface area contributed by atoms with E-state index in [2.05, 4.69) is 10.6 Å². The lowest BCUT2D eigenvalue weighted by molar-refractivity contribution is 0.0636. The van der Waals surface area contributed by atoms with Gasteiger partial charge >= 0.3 is 6.09 Å². The molecule has 0 saturated carbocycles. The van der Waals surface area contributed by atoms with Crippen LogP contribution in [0, 0.1) is 0 Å². The first-order valence-electron chi connectivity index (χ1n) is 6.87. The van der Waals surface area contributed by atoms with E-state index in [9.17, 15) is 4.79 Å². The van der Waals surface area contributed by atoms with E-state index >= 15 is 0 Å². The number of nitrogens with one attached hydrogen (secondary N) is 2. The summed E-state index contributed by atoms with van der Waals surface area (Å²) in [6.07, 6.45) is 0.583. The summed E-state index contributed by atoms with van der Waals surface area (Å²) >= 11 is 0. The highest BCUT2D eigenvalue weighted by atomic mass is 16.6. The first-order valence-corrected chi connectivity index (χ1v) is 6.87. The van der Waals surface area contributed by atoms with Gasteiger partial charge in [-0.2, -0.15) is 0 Å². The lowest BCUT2D eigenvalue weighted by Gasteiger charge is -2.19. The zero-order valence-corrected chi connectivity index (χ0v) is 12.2. The molecule has 0 radical (unpaired) electrons. The van der Waals surface area contributed by atoms with Gasteiger partial charge in [-0.25, -0.2) is 4.79 Å². The molecule has 1 aliphatic rings. The molecule has 0 aromatic heterocycles. The quantitative estimate of drug-likeness (QED) is 0.891. The summed E-state index contributed by atoms with van der Waals surface area (Å²) in [4.78, 5) is 11.6. The van der Waals surface area contributed by atoms with Crippen LogP contribution >= 0.6 is 0 Å². The summed E-state index contributed by atoms with van der Waals surface area (Å²) in [5.41, 5.74) is 1.25. The first kappa shape index (κ1) is 14.7. The van der Waals surface area contributed by atoms with Gasteiger partial charge in [0.15, 0.2) is 0 Å². The van der Waals surface area contributed by atoms with Crippen molar-refractivity contribution in [3.63, 3.8) is 0 Å². The molecular weight excluding hydrogens is 256 g/mol. The lowest BCUT2D eigenvalue weighted by atomic mass is 10.2. The fourth-order valence-electron chi connectivity index (χ4n) is 1.96. The fraction of sp³-hybridized carbons (Fsp3) is 0.533. The minimum atomic E-state index is -0.492. The summed E-state index contributed by atoms with van der Waals surface area (Å²) in [6.45, 7) is 7.07. The largest absolute Gasteiger partial charge is 0.444 e. The summed E-state index contributed by atoms with van der Waals surface area (Å²) < 4.78 is 10.5. The third-order valence-electron chi connectivity index (χ3n) is 2.83. The second kappa shape index (κ2) is 6.13. The smallest absolute Gasteiger partial charge is 0.412 e. The van der Waals surface area contributed by atoms with E-state index in [4.69, 9.17) is 9.47 Å². The Morgan fingerprint density at radius 2 is 1.90 bits per heavy atom. The molecule has 20 heavy (non-hydrogen) atoms. The zero-order valence-electron chi connectivity index (χ0n) is 12.2. The lowest BCUT2D eigenvalue weighted by Crippen LogP contribution is -2.27. The Balaban J connectivity index is 1.86. The zero-order chi connectivity index (χ0) is 14.6. The van der Waals surface area contributed by atoms with Crippen LogP contribution in [0.1, 0.15) is 27.2 Å². The molecule has 2 rings (SSSR count). The summed E-state index contributed by atoms with van der Waals surface area (Å²) in [5, 5.41) is 6.10. The minimum absolute atomic E-state index is 0.375. The number of hydrogen-bond donors (Lipinski definition) is 2. The number of anilines is 2. The Labute approximate surface area is 119 Å². The molecule has 1 aliphatic heterocycles. The average Bonchev–Trinajstić information content (AvgIpc) is 2.82. The molecule has 1 aromatic rings. The normalized spacial score (nSPS) is 18.6. The van der Waals surface area contributed by atoms with E-state index < -0.39 is 11.7 Å². The highest BCUT2D eigenvalue weighted by Crippen LogP contribution is 2.18. The van der Waals surface area contributed by atoms with Gasteiger partial charge in [-0.05, 0) is 51.5 Å². The Morgan fingerprint density at radius 1 is 1.25 bits per heavy atom. The van der Waals surface area contributed by atoms with Crippen LogP contribution in [-0.4, -0.2) is 30.9 Å². The molecule has 1 atom stereocenters. The van der Waals surface area contributed by atoms with Crippen LogP contribution in [0.5, 0.6) is 0 Å². The second-order valence-corrected chi connectivity index (χ2v) is 5.91. The predicted octanol–water partition coefficient (Wildman–Crippen LogP) is 3.23. The molecular formula is C15H22N2O3. The van der Waals surface area contributed by atoms with Gasteiger partial charge in [0.2, 0.25) is 0 Å². The molecule has 5 heteroatoms. The van der Waals surface area contributed by atoms with Crippen LogP contribution < -0.4 is 10.6 Å². The molecule has 5 nitrogen and oxygen atoms in total. The maximum atomic E-state index is 11.6. The molecule has 1 unspecified atom stereocenters. The van der Waals surface area contributed by atoms with E-state index in [0.29, 0.717) is 11.7 Å². The van der Waals surface area contributed by atoms with Crippen molar-refractivity contribution in [2.75, 3.05) is 23.8 Å². The summed E-state index contributed by atoms with van der Waals surface area (Å²) in [7, 11) is 0. The van der Waals surface area contributed by atoms with Gasteiger partial charge in [0.1, 0.15) is 5.60 Å². The van der Waals surface area contributed by atoms with E-state index in [1.54, 1.807) is 0 Å². The molecule has 1 aromatic carbocycles. The van der Waals surface area contributed by atoms with Crippen molar-refractivity contribution in [1.29, 1.82) is 0 Å². The molecule has 1 heterocycles. The number of amides is 1. The number of hydrogen-bond acceptors (Lipinski definition) is 4. The van der Waals surface area contributed by atoms with Gasteiger partial charge in [0.25, 0.3) is 0 Å². The standard InChI is InChI=1S/C15H22N2O3/c1-15(2,3)20-14(18)17-12-6-4-11(5-7-12)16-13-8-9-19-10-13/h4-7,13,16H,8-10H2,1-3H3,(H,17,18). The van der Waals surface area contributed by atoms with E-state index in [1.165, 1.54) is 0 Å². The van der Waals surface area contributed by atoms with Crippen molar-refractivity contribution in [2.45, 2.75) is 38.8 Å². The van der Waals surface area contributed by atoms with Crippen LogP contribution in [0.4, 0.5) is 16.2 Å². The Bertz CT molecular complexity index is 445. The molecule has 0 aliphatic carbocycles. The summed E-state index contributed by atoms with van der Waals surface area (Å²) in [5.74, 6) is 0. The van der Waals surface area contributed by atoms with E-state index in [0.717, 1.165) is 25.3 Å². The van der Waals surface area contributed by atoms with Crippen molar-refractivity contribution in [3.8, 4) is 0 Å². The van der Waals surface area contributed by atoms with Crippen molar-refractivity contribution in [1.82, 2.24) is 0 Å². The van der Waals surface area contributed by atoms with Crippen molar-refractivity contribution in [2.24, 2.45) is 0 Å². The summed E-state index contributed by atoms with van der Waals surface area (Å²) in [6, 6.07) is 7.94. The van der Waals surface area contributed by atoms with Gasteiger partial charge < -0.3 is 14.8 Å². The second-order valence-electron chi connectivity index (χ2n) is 5.91. The number of rotatable bonds is 3. The van der Waals surface area contributed by atoms with Crippen LogP contribution in [0.25, 0.3) is 0 Å². The minimum Gasteiger partial charge on any atom is -0.444 e. The third kappa shape index (κ3) is 4.74. The average molecular weight is 278 g/mol. The fourth-order valence-corrected chi connectivity index (χ4v) is 1.96. The van der Waals surface area contributed by atoms with Crippen molar-refractivity contribution >= 4 is 17.5 Å². The third-order valence-corrected chi connectivity index (χ3v) is 2.83. The highest BCUT2D eigenvalue weighted by molar-refractivity contribution is 5.85. The van der Waals surface area contributed by atoms with Gasteiger partial charge in [-0.1, -0.05) is 0 Å². The monoisotopic (exact) mass is 278 g/mol. The maximum absolute atomic E-state index is 11.6. The van der Waals surface area contributed by atoms with E-state index in [-0.39, 0.29) is 0 Å². The Hall–Kier alpha value is -1.75. The van der Waals surface area contributed by atoms with Crippen LogP contribution in [0.15, 0.2) is 24.3 Å². The highest BCUT2D eigenvalue weighted by Gasteiger charge is 2.17. The van der Waals surface area contributed by atoms with Crippen molar-refractivity contribution in [3.05, 3.63) is 24.3 Å². The first-order chi connectivity index (χ1) is 9.42. The van der Waals surface area contributed by atoms with Gasteiger partial charge in [0.05, 0.1) is 12.6 Å².